The number of fused-ring (bicyclic) bond motifs is 2. The van der Waals surface area contributed by atoms with E-state index in [1.165, 1.54) is 12.1 Å². The number of hydrogen-bond donors (Lipinski definition) is 0. The number of nitro groups is 1. The lowest BCUT2D eigenvalue weighted by molar-refractivity contribution is -0.385. The Balaban J connectivity index is 1.89. The molecule has 2 heterocycles. The van der Waals surface area contributed by atoms with Crippen LogP contribution in [0.15, 0.2) is 51.7 Å². The van der Waals surface area contributed by atoms with Crippen LogP contribution in [0.4, 0.5) is 24.5 Å². The average Bonchev–Trinajstić information content (AvgIpc) is 2.90. The van der Waals surface area contributed by atoms with Crippen LogP contribution in [0.1, 0.15) is 26.3 Å². The zero-order chi connectivity index (χ0) is 21.1. The van der Waals surface area contributed by atoms with E-state index >= 15 is 0 Å². The van der Waals surface area contributed by atoms with E-state index in [1.54, 1.807) is 0 Å². The molecule has 1 aliphatic rings. The Bertz CT molecular complexity index is 1290. The van der Waals surface area contributed by atoms with Gasteiger partial charge in [0, 0.05) is 23.6 Å². The first-order valence-electron chi connectivity index (χ1n) is 7.91. The normalized spacial score (nSPS) is 13.8. The van der Waals surface area contributed by atoms with Gasteiger partial charge >= 0.3 is 11.8 Å². The van der Waals surface area contributed by atoms with Crippen molar-refractivity contribution in [1.29, 1.82) is 0 Å². The van der Waals surface area contributed by atoms with Crippen molar-refractivity contribution in [2.24, 2.45) is 0 Å². The van der Waals surface area contributed by atoms with Crippen molar-refractivity contribution in [2.45, 2.75) is 6.18 Å². The predicted molar refractivity (Wildman–Crippen MR) is 91.7 cm³/mol. The van der Waals surface area contributed by atoms with Gasteiger partial charge in [-0.1, -0.05) is 6.07 Å². The lowest BCUT2D eigenvalue weighted by atomic mass is 10.1. The summed E-state index contributed by atoms with van der Waals surface area (Å²) in [6.07, 6.45) is -4.83. The molecule has 0 atom stereocenters. The number of nitrogens with zero attached hydrogens (tertiary/aromatic N) is 2. The molecule has 3 aromatic rings. The van der Waals surface area contributed by atoms with E-state index in [9.17, 15) is 37.7 Å². The van der Waals surface area contributed by atoms with Gasteiger partial charge in [0.15, 0.2) is 0 Å². The predicted octanol–water partition coefficient (Wildman–Crippen LogP) is 3.52. The molecule has 0 saturated carbocycles. The molecule has 1 aromatic heterocycles. The van der Waals surface area contributed by atoms with Crippen LogP contribution in [0.3, 0.4) is 0 Å². The summed E-state index contributed by atoms with van der Waals surface area (Å²) in [7, 11) is 0. The van der Waals surface area contributed by atoms with Gasteiger partial charge in [0.1, 0.15) is 11.1 Å². The molecule has 2 aromatic carbocycles. The van der Waals surface area contributed by atoms with Gasteiger partial charge in [0.05, 0.1) is 21.7 Å². The Kier molecular flexibility index (Phi) is 3.79. The second kappa shape index (κ2) is 5.99. The van der Waals surface area contributed by atoms with Crippen molar-refractivity contribution >= 4 is 34.2 Å². The van der Waals surface area contributed by atoms with E-state index < -0.39 is 56.3 Å². The van der Waals surface area contributed by atoms with Gasteiger partial charge in [-0.05, 0) is 18.2 Å². The summed E-state index contributed by atoms with van der Waals surface area (Å²) in [5.41, 5.74) is -4.39. The van der Waals surface area contributed by atoms with Gasteiger partial charge in [0.2, 0.25) is 0 Å². The first-order valence-corrected chi connectivity index (χ1v) is 7.91. The number of alkyl halides is 3. The van der Waals surface area contributed by atoms with Crippen LogP contribution in [0.5, 0.6) is 0 Å². The SMILES string of the molecule is O=C1c2cccc([N+](=O)[O-])c2C(=O)N1c1ccc2c(C(F)(F)F)cc(=O)oc2c1. The number of imide groups is 1. The third-order valence-electron chi connectivity index (χ3n) is 4.38. The fraction of sp³-hybridized carbons (Fsp3) is 0.0556. The molecular formula is C18H7F3N2O6. The Morgan fingerprint density at radius 3 is 2.38 bits per heavy atom. The number of hydrogen-bond acceptors (Lipinski definition) is 6. The van der Waals surface area contributed by atoms with E-state index in [0.29, 0.717) is 11.0 Å². The van der Waals surface area contributed by atoms with Gasteiger partial charge in [-0.3, -0.25) is 19.7 Å². The summed E-state index contributed by atoms with van der Waals surface area (Å²) in [6, 6.07) is 6.76. The third kappa shape index (κ3) is 2.74. The molecule has 2 amide bonds. The molecule has 0 unspecified atom stereocenters. The number of anilines is 1. The molecule has 146 valence electrons. The van der Waals surface area contributed by atoms with Crippen molar-refractivity contribution in [3.05, 3.63) is 79.7 Å². The Morgan fingerprint density at radius 1 is 1.00 bits per heavy atom. The monoisotopic (exact) mass is 404 g/mol. The zero-order valence-corrected chi connectivity index (χ0v) is 14.0. The number of amides is 2. The fourth-order valence-corrected chi connectivity index (χ4v) is 3.18. The van der Waals surface area contributed by atoms with Gasteiger partial charge in [-0.25, -0.2) is 9.69 Å². The van der Waals surface area contributed by atoms with Crippen LogP contribution in [-0.4, -0.2) is 16.7 Å². The number of halogens is 3. The number of benzene rings is 2. The van der Waals surface area contributed by atoms with Crippen LogP contribution in [0.2, 0.25) is 0 Å². The highest BCUT2D eigenvalue weighted by Gasteiger charge is 2.42. The van der Waals surface area contributed by atoms with E-state index in [0.717, 1.165) is 24.3 Å². The minimum atomic E-state index is -4.83. The molecule has 0 fully saturated rings. The quantitative estimate of drug-likeness (QED) is 0.280. The third-order valence-corrected chi connectivity index (χ3v) is 4.38. The van der Waals surface area contributed by atoms with E-state index in [2.05, 4.69) is 0 Å². The molecule has 29 heavy (non-hydrogen) atoms. The van der Waals surface area contributed by atoms with Crippen molar-refractivity contribution < 1.29 is 32.1 Å². The first kappa shape index (κ1) is 18.3. The van der Waals surface area contributed by atoms with Crippen molar-refractivity contribution in [3.63, 3.8) is 0 Å². The molecule has 0 radical (unpaired) electrons. The van der Waals surface area contributed by atoms with Gasteiger partial charge < -0.3 is 4.42 Å². The second-order valence-electron chi connectivity index (χ2n) is 6.06. The van der Waals surface area contributed by atoms with Gasteiger partial charge in [-0.15, -0.1) is 0 Å². The summed E-state index contributed by atoms with van der Waals surface area (Å²) < 4.78 is 44.3. The molecule has 0 spiro atoms. The molecule has 0 aliphatic carbocycles. The number of rotatable bonds is 2. The van der Waals surface area contributed by atoms with Crippen molar-refractivity contribution in [2.75, 3.05) is 4.90 Å². The molecule has 11 heteroatoms. The topological polar surface area (TPSA) is 111 Å². The zero-order valence-electron chi connectivity index (χ0n) is 14.0. The summed E-state index contributed by atoms with van der Waals surface area (Å²) in [6.45, 7) is 0. The summed E-state index contributed by atoms with van der Waals surface area (Å²) >= 11 is 0. The minimum Gasteiger partial charge on any atom is -0.423 e. The maximum Gasteiger partial charge on any atom is 0.417 e. The molecule has 0 bridgehead atoms. The summed E-state index contributed by atoms with van der Waals surface area (Å²) in [5.74, 6) is -1.90. The van der Waals surface area contributed by atoms with Crippen LogP contribution >= 0.6 is 0 Å². The van der Waals surface area contributed by atoms with Crippen LogP contribution in [0, 0.1) is 10.1 Å². The largest absolute Gasteiger partial charge is 0.423 e. The lowest BCUT2D eigenvalue weighted by Gasteiger charge is -2.15. The standard InChI is InChI=1S/C18H7F3N2O6/c19-18(20,21)11-7-14(24)29-13-6-8(4-5-9(11)13)22-16(25)10-2-1-3-12(23(27)28)15(10)17(22)26/h1-7H. The van der Waals surface area contributed by atoms with E-state index in [1.807, 2.05) is 0 Å². The summed E-state index contributed by atoms with van der Waals surface area (Å²) in [4.78, 5) is 47.8. The van der Waals surface area contributed by atoms with Crippen LogP contribution in [-0.2, 0) is 6.18 Å². The number of nitro benzene ring substituents is 1. The average molecular weight is 404 g/mol. The molecule has 1 aliphatic heterocycles. The van der Waals surface area contributed by atoms with Crippen molar-refractivity contribution in [1.82, 2.24) is 0 Å². The Labute approximate surface area is 157 Å². The minimum absolute atomic E-state index is 0.194. The maximum atomic E-state index is 13.2. The smallest absolute Gasteiger partial charge is 0.417 e. The Morgan fingerprint density at radius 2 is 1.72 bits per heavy atom. The fourth-order valence-electron chi connectivity index (χ4n) is 3.18. The second-order valence-corrected chi connectivity index (χ2v) is 6.06. The van der Waals surface area contributed by atoms with Crippen LogP contribution in [0.25, 0.3) is 11.0 Å². The Hall–Kier alpha value is -4.02. The molecular weight excluding hydrogens is 397 g/mol. The highest BCUT2D eigenvalue weighted by molar-refractivity contribution is 6.35. The number of carbonyl (C=O) groups excluding carboxylic acids is 2. The lowest BCUT2D eigenvalue weighted by Crippen LogP contribution is -2.29. The maximum absolute atomic E-state index is 13.2. The van der Waals surface area contributed by atoms with Gasteiger partial charge in [0.25, 0.3) is 17.5 Å². The molecule has 0 N–H and O–H groups in total. The first-order chi connectivity index (χ1) is 13.6. The molecule has 8 nitrogen and oxygen atoms in total. The highest BCUT2D eigenvalue weighted by Crippen LogP contribution is 2.37. The van der Waals surface area contributed by atoms with Crippen molar-refractivity contribution in [3.8, 4) is 0 Å². The van der Waals surface area contributed by atoms with E-state index in [-0.39, 0.29) is 11.3 Å². The van der Waals surface area contributed by atoms with Gasteiger partial charge in [-0.2, -0.15) is 13.2 Å². The highest BCUT2D eigenvalue weighted by atomic mass is 19.4. The molecule has 0 saturated heterocycles. The summed E-state index contributed by atoms with van der Waals surface area (Å²) in [5, 5.41) is 10.7. The number of carbonyl (C=O) groups is 2. The molecule has 4 rings (SSSR count). The van der Waals surface area contributed by atoms with Crippen LogP contribution < -0.4 is 10.5 Å². The van der Waals surface area contributed by atoms with E-state index in [4.69, 9.17) is 4.42 Å².